The fourth-order valence-corrected chi connectivity index (χ4v) is 2.90. The molecule has 0 aliphatic carbocycles. The monoisotopic (exact) mass is 349 g/mol. The normalized spacial score (nSPS) is 13.9. The zero-order valence-corrected chi connectivity index (χ0v) is 12.6. The van der Waals surface area contributed by atoms with Crippen molar-refractivity contribution < 1.29 is 19.1 Å². The van der Waals surface area contributed by atoms with Crippen LogP contribution < -0.4 is 4.90 Å². The number of aromatic carboxylic acids is 1. The number of amides is 1. The van der Waals surface area contributed by atoms with Crippen molar-refractivity contribution >= 4 is 33.5 Å². The fourth-order valence-electron chi connectivity index (χ4n) is 2.60. The number of benzene rings is 1. The zero-order chi connectivity index (χ0) is 15.0. The number of nitrogens with zero attached hydrogens (tertiary/aromatic N) is 1. The average molecular weight is 350 g/mol. The van der Waals surface area contributed by atoms with Crippen molar-refractivity contribution in [2.75, 3.05) is 11.4 Å². The van der Waals surface area contributed by atoms with Crippen LogP contribution >= 0.6 is 15.9 Å². The molecule has 1 aliphatic rings. The number of fused-ring (bicyclic) bond motifs is 1. The van der Waals surface area contributed by atoms with Crippen LogP contribution in [0.5, 0.6) is 0 Å². The Balaban J connectivity index is 2.03. The Morgan fingerprint density at radius 2 is 2.05 bits per heavy atom. The lowest BCUT2D eigenvalue weighted by Gasteiger charge is -2.29. The van der Waals surface area contributed by atoms with Gasteiger partial charge in [0.25, 0.3) is 5.91 Å². The second-order valence-corrected chi connectivity index (χ2v) is 5.55. The van der Waals surface area contributed by atoms with Crippen LogP contribution in [-0.2, 0) is 6.42 Å². The first kappa shape index (κ1) is 13.9. The molecule has 0 bridgehead atoms. The van der Waals surface area contributed by atoms with E-state index in [0.717, 1.165) is 6.42 Å². The van der Waals surface area contributed by atoms with Gasteiger partial charge in [0.2, 0.25) is 0 Å². The van der Waals surface area contributed by atoms with Crippen LogP contribution in [0.4, 0.5) is 5.69 Å². The van der Waals surface area contributed by atoms with Gasteiger partial charge in [-0.1, -0.05) is 6.07 Å². The van der Waals surface area contributed by atoms with Gasteiger partial charge in [0, 0.05) is 12.2 Å². The molecule has 1 aromatic heterocycles. The van der Waals surface area contributed by atoms with Gasteiger partial charge in [-0.15, -0.1) is 0 Å². The zero-order valence-electron chi connectivity index (χ0n) is 11.0. The van der Waals surface area contributed by atoms with Gasteiger partial charge in [-0.05, 0) is 58.6 Å². The van der Waals surface area contributed by atoms with Crippen molar-refractivity contribution in [2.45, 2.75) is 12.8 Å². The molecule has 0 fully saturated rings. The summed E-state index contributed by atoms with van der Waals surface area (Å²) in [5, 5.41) is 9.26. The number of anilines is 1. The van der Waals surface area contributed by atoms with Crippen molar-refractivity contribution in [3.05, 3.63) is 51.9 Å². The maximum absolute atomic E-state index is 12.5. The highest BCUT2D eigenvalue weighted by molar-refractivity contribution is 9.10. The van der Waals surface area contributed by atoms with E-state index in [2.05, 4.69) is 15.9 Å². The molecule has 2 aromatic rings. The molecular formula is C15H12BrNO4. The molecule has 0 atom stereocenters. The molecule has 21 heavy (non-hydrogen) atoms. The molecule has 0 saturated heterocycles. The van der Waals surface area contributed by atoms with E-state index >= 15 is 0 Å². The molecule has 0 radical (unpaired) electrons. The minimum Gasteiger partial charge on any atom is -0.478 e. The van der Waals surface area contributed by atoms with E-state index in [4.69, 9.17) is 4.42 Å². The highest BCUT2D eigenvalue weighted by Crippen LogP contribution is 2.31. The Kier molecular flexibility index (Phi) is 3.55. The van der Waals surface area contributed by atoms with Crippen LogP contribution in [0.2, 0.25) is 0 Å². The fraction of sp³-hybridized carbons (Fsp3) is 0.200. The van der Waals surface area contributed by atoms with Gasteiger partial charge in [0.15, 0.2) is 10.4 Å². The molecule has 0 spiro atoms. The summed E-state index contributed by atoms with van der Waals surface area (Å²) in [6.45, 7) is 0.549. The summed E-state index contributed by atoms with van der Waals surface area (Å²) < 4.78 is 5.79. The van der Waals surface area contributed by atoms with E-state index in [1.54, 1.807) is 35.2 Å². The second-order valence-electron chi connectivity index (χ2n) is 4.77. The minimum atomic E-state index is -0.970. The van der Waals surface area contributed by atoms with E-state index in [1.165, 1.54) is 0 Å². The molecule has 1 aromatic carbocycles. The summed E-state index contributed by atoms with van der Waals surface area (Å²) in [4.78, 5) is 25.4. The minimum absolute atomic E-state index is 0.232. The van der Waals surface area contributed by atoms with Gasteiger partial charge in [-0.25, -0.2) is 4.79 Å². The van der Waals surface area contributed by atoms with E-state index in [9.17, 15) is 14.7 Å². The highest BCUT2D eigenvalue weighted by Gasteiger charge is 2.28. The summed E-state index contributed by atoms with van der Waals surface area (Å²) in [7, 11) is 0. The number of hydrogen-bond acceptors (Lipinski definition) is 3. The van der Waals surface area contributed by atoms with Crippen LogP contribution in [-0.4, -0.2) is 23.5 Å². The lowest BCUT2D eigenvalue weighted by atomic mass is 9.96. The van der Waals surface area contributed by atoms with Crippen molar-refractivity contribution in [3.63, 3.8) is 0 Å². The molecule has 1 amide bonds. The second kappa shape index (κ2) is 5.37. The van der Waals surface area contributed by atoms with Gasteiger partial charge < -0.3 is 14.4 Å². The van der Waals surface area contributed by atoms with E-state index < -0.39 is 5.97 Å². The molecule has 0 unspecified atom stereocenters. The number of carboxylic acids is 1. The van der Waals surface area contributed by atoms with Gasteiger partial charge in [-0.3, -0.25) is 4.79 Å². The first-order valence-electron chi connectivity index (χ1n) is 6.50. The first-order valence-corrected chi connectivity index (χ1v) is 7.29. The Labute approximate surface area is 129 Å². The largest absolute Gasteiger partial charge is 0.478 e. The predicted molar refractivity (Wildman–Crippen MR) is 79.8 cm³/mol. The molecule has 108 valence electrons. The number of furan rings is 1. The quantitative estimate of drug-likeness (QED) is 0.902. The molecule has 5 nitrogen and oxygen atoms in total. The SMILES string of the molecule is O=C(O)c1cccc2c1CCCN2C(=O)c1ccc(Br)o1. The van der Waals surface area contributed by atoms with E-state index in [0.29, 0.717) is 28.9 Å². The number of carbonyl (C=O) groups excluding carboxylic acids is 1. The summed E-state index contributed by atoms with van der Waals surface area (Å²) in [6.07, 6.45) is 1.38. The van der Waals surface area contributed by atoms with Crippen molar-refractivity contribution in [1.29, 1.82) is 0 Å². The van der Waals surface area contributed by atoms with Gasteiger partial charge in [0.1, 0.15) is 0 Å². The standard InChI is InChI=1S/C15H12BrNO4/c16-13-7-6-12(21-13)14(18)17-8-2-4-9-10(15(19)20)3-1-5-11(9)17/h1,3,5-7H,2,4,8H2,(H,19,20). The third-order valence-electron chi connectivity index (χ3n) is 3.51. The van der Waals surface area contributed by atoms with Crippen LogP contribution in [0.3, 0.4) is 0 Å². The Hall–Kier alpha value is -2.08. The molecule has 3 rings (SSSR count). The molecule has 1 aliphatic heterocycles. The lowest BCUT2D eigenvalue weighted by molar-refractivity contribution is 0.0695. The molecular weight excluding hydrogens is 338 g/mol. The highest BCUT2D eigenvalue weighted by atomic mass is 79.9. The molecule has 2 heterocycles. The van der Waals surface area contributed by atoms with Gasteiger partial charge >= 0.3 is 5.97 Å². The van der Waals surface area contributed by atoms with Gasteiger partial charge in [0.05, 0.1) is 5.56 Å². The smallest absolute Gasteiger partial charge is 0.336 e. The Morgan fingerprint density at radius 3 is 2.71 bits per heavy atom. The third-order valence-corrected chi connectivity index (χ3v) is 3.94. The van der Waals surface area contributed by atoms with Crippen molar-refractivity contribution in [1.82, 2.24) is 0 Å². The van der Waals surface area contributed by atoms with E-state index in [1.807, 2.05) is 0 Å². The summed E-state index contributed by atoms with van der Waals surface area (Å²) in [5.41, 5.74) is 1.61. The number of hydrogen-bond donors (Lipinski definition) is 1. The van der Waals surface area contributed by atoms with Crippen LogP contribution in [0.1, 0.15) is 32.9 Å². The molecule has 0 saturated carbocycles. The predicted octanol–water partition coefficient (Wildman–Crippen LogP) is 3.33. The van der Waals surface area contributed by atoms with Crippen LogP contribution in [0.25, 0.3) is 0 Å². The van der Waals surface area contributed by atoms with Crippen molar-refractivity contribution in [3.8, 4) is 0 Å². The number of halogens is 1. The Bertz CT molecular complexity index is 722. The summed E-state index contributed by atoms with van der Waals surface area (Å²) in [5.74, 6) is -0.999. The lowest BCUT2D eigenvalue weighted by Crippen LogP contribution is -2.35. The average Bonchev–Trinajstić information content (AvgIpc) is 2.91. The maximum atomic E-state index is 12.5. The third kappa shape index (κ3) is 2.47. The number of rotatable bonds is 2. The molecule has 6 heteroatoms. The molecule has 1 N–H and O–H groups in total. The number of carboxylic acid groups (broad SMARTS) is 1. The van der Waals surface area contributed by atoms with Crippen LogP contribution in [0, 0.1) is 0 Å². The summed E-state index contributed by atoms with van der Waals surface area (Å²) >= 11 is 3.17. The number of carbonyl (C=O) groups is 2. The first-order chi connectivity index (χ1) is 10.1. The van der Waals surface area contributed by atoms with Crippen LogP contribution in [0.15, 0.2) is 39.4 Å². The van der Waals surface area contributed by atoms with Gasteiger partial charge in [-0.2, -0.15) is 0 Å². The Morgan fingerprint density at radius 1 is 1.24 bits per heavy atom. The topological polar surface area (TPSA) is 70.8 Å². The van der Waals surface area contributed by atoms with Crippen molar-refractivity contribution in [2.24, 2.45) is 0 Å². The van der Waals surface area contributed by atoms with E-state index in [-0.39, 0.29) is 17.2 Å². The summed E-state index contributed by atoms with van der Waals surface area (Å²) in [6, 6.07) is 8.26. The maximum Gasteiger partial charge on any atom is 0.336 e.